The normalized spacial score (nSPS) is 15.0. The van der Waals surface area contributed by atoms with Gasteiger partial charge < -0.3 is 4.74 Å². The molecule has 0 aliphatic heterocycles. The highest BCUT2D eigenvalue weighted by Crippen LogP contribution is 2.30. The molecule has 174 valence electrons. The minimum Gasteiger partial charge on any atom is -0.457 e. The van der Waals surface area contributed by atoms with Crippen LogP contribution in [0.15, 0.2) is 78.9 Å². The Hall–Kier alpha value is -3.46. The molecule has 3 aromatic carbocycles. The fraction of sp³-hybridized carbons (Fsp3) is 0.290. The van der Waals surface area contributed by atoms with E-state index in [2.05, 4.69) is 13.0 Å². The van der Waals surface area contributed by atoms with Gasteiger partial charge in [-0.05, 0) is 48.1 Å². The Morgan fingerprint density at radius 1 is 0.853 bits per heavy atom. The van der Waals surface area contributed by atoms with E-state index in [-0.39, 0.29) is 11.6 Å². The fourth-order valence-corrected chi connectivity index (χ4v) is 4.38. The third-order valence-electron chi connectivity index (χ3n) is 6.30. The van der Waals surface area contributed by atoms with Crippen LogP contribution in [0.5, 0.6) is 5.75 Å². The maximum Gasteiger partial charge on any atom is 0.162 e. The van der Waals surface area contributed by atoms with Crippen LogP contribution in [0.4, 0.5) is 0 Å². The Morgan fingerprint density at radius 3 is 2.50 bits per heavy atom. The summed E-state index contributed by atoms with van der Waals surface area (Å²) in [6.07, 6.45) is 8.91. The molecule has 0 atom stereocenters. The van der Waals surface area contributed by atoms with Crippen LogP contribution in [-0.4, -0.2) is 11.6 Å². The predicted octanol–water partition coefficient (Wildman–Crippen LogP) is 7.83. The van der Waals surface area contributed by atoms with Gasteiger partial charge in [-0.15, -0.1) is 0 Å². The number of benzene rings is 3. The zero-order chi connectivity index (χ0) is 23.8. The standard InChI is InChI=1S/C31H32O3/c1-2-3-4-5-16-30(33)25-19-17-23(18-20-25)26-12-9-14-28(21-26)34-31-22-27(32)13-8-11-24-10-6-7-15-29(24)31/h6-7,9-10,12,14-15,17-22H,2-5,8,11,13,16H2,1H3/b31-22+. The van der Waals surface area contributed by atoms with E-state index >= 15 is 0 Å². The van der Waals surface area contributed by atoms with Gasteiger partial charge in [-0.25, -0.2) is 0 Å². The van der Waals surface area contributed by atoms with E-state index in [4.69, 9.17) is 4.74 Å². The molecule has 0 saturated carbocycles. The molecule has 0 N–H and O–H groups in total. The van der Waals surface area contributed by atoms with Gasteiger partial charge in [0.25, 0.3) is 0 Å². The van der Waals surface area contributed by atoms with Gasteiger partial charge >= 0.3 is 0 Å². The summed E-state index contributed by atoms with van der Waals surface area (Å²) < 4.78 is 6.26. The summed E-state index contributed by atoms with van der Waals surface area (Å²) in [5.74, 6) is 1.58. The van der Waals surface area contributed by atoms with Gasteiger partial charge in [0, 0.05) is 30.0 Å². The quantitative estimate of drug-likeness (QED) is 0.245. The van der Waals surface area contributed by atoms with Crippen LogP contribution in [0, 0.1) is 0 Å². The minimum absolute atomic E-state index is 0.0932. The van der Waals surface area contributed by atoms with Crippen molar-refractivity contribution in [1.82, 2.24) is 0 Å². The molecule has 3 heteroatoms. The molecular formula is C31H32O3. The summed E-state index contributed by atoms with van der Waals surface area (Å²) in [5.41, 5.74) is 4.97. The molecule has 0 unspecified atom stereocenters. The van der Waals surface area contributed by atoms with Crippen molar-refractivity contribution in [2.24, 2.45) is 0 Å². The van der Waals surface area contributed by atoms with Crippen LogP contribution in [0.2, 0.25) is 0 Å². The van der Waals surface area contributed by atoms with Gasteiger partial charge in [-0.2, -0.15) is 0 Å². The molecule has 1 aliphatic rings. The first-order chi connectivity index (χ1) is 16.6. The number of hydrogen-bond acceptors (Lipinski definition) is 3. The lowest BCUT2D eigenvalue weighted by Gasteiger charge is -2.17. The maximum absolute atomic E-state index is 12.5. The first-order valence-electron chi connectivity index (χ1n) is 12.4. The van der Waals surface area contributed by atoms with E-state index in [1.807, 2.05) is 66.7 Å². The Bertz CT molecular complexity index is 1170. The second-order valence-corrected chi connectivity index (χ2v) is 8.93. The zero-order valence-electron chi connectivity index (χ0n) is 19.9. The topological polar surface area (TPSA) is 43.4 Å². The summed E-state index contributed by atoms with van der Waals surface area (Å²) in [7, 11) is 0. The fourth-order valence-electron chi connectivity index (χ4n) is 4.38. The van der Waals surface area contributed by atoms with Crippen LogP contribution in [0.1, 0.15) is 73.4 Å². The number of fused-ring (bicyclic) bond motifs is 1. The van der Waals surface area contributed by atoms with Crippen LogP contribution in [-0.2, 0) is 11.2 Å². The molecule has 0 heterocycles. The average molecular weight is 453 g/mol. The second kappa shape index (κ2) is 11.6. The number of aryl methyl sites for hydroxylation is 1. The van der Waals surface area contributed by atoms with Crippen molar-refractivity contribution in [2.75, 3.05) is 0 Å². The Kier molecular flexibility index (Phi) is 8.08. The summed E-state index contributed by atoms with van der Waals surface area (Å²) in [6.45, 7) is 2.17. The highest BCUT2D eigenvalue weighted by atomic mass is 16.5. The molecule has 0 aromatic heterocycles. The number of Topliss-reactive ketones (excluding diaryl/α,β-unsaturated/α-hetero) is 1. The number of carbonyl (C=O) groups excluding carboxylic acids is 2. The largest absolute Gasteiger partial charge is 0.457 e. The Labute approximate surface area is 202 Å². The van der Waals surface area contributed by atoms with Crippen molar-refractivity contribution in [1.29, 1.82) is 0 Å². The monoisotopic (exact) mass is 452 g/mol. The molecule has 0 saturated heterocycles. The van der Waals surface area contributed by atoms with Crippen molar-refractivity contribution in [2.45, 2.75) is 58.3 Å². The Morgan fingerprint density at radius 2 is 1.68 bits per heavy atom. The number of allylic oxidation sites excluding steroid dienone is 1. The number of carbonyl (C=O) groups is 2. The van der Waals surface area contributed by atoms with Gasteiger partial charge in [0.15, 0.2) is 11.6 Å². The van der Waals surface area contributed by atoms with Crippen LogP contribution in [0.3, 0.4) is 0 Å². The number of unbranched alkanes of at least 4 members (excludes halogenated alkanes) is 3. The lowest BCUT2D eigenvalue weighted by atomic mass is 9.96. The lowest BCUT2D eigenvalue weighted by Crippen LogP contribution is -2.07. The van der Waals surface area contributed by atoms with Gasteiger partial charge in [-0.1, -0.05) is 86.8 Å². The van der Waals surface area contributed by atoms with E-state index in [0.29, 0.717) is 24.4 Å². The van der Waals surface area contributed by atoms with Crippen molar-refractivity contribution in [3.8, 4) is 16.9 Å². The molecule has 34 heavy (non-hydrogen) atoms. The molecule has 3 aromatic rings. The molecule has 4 rings (SSSR count). The number of hydrogen-bond donors (Lipinski definition) is 0. The molecule has 0 radical (unpaired) electrons. The van der Waals surface area contributed by atoms with Crippen LogP contribution in [0.25, 0.3) is 16.9 Å². The van der Waals surface area contributed by atoms with Crippen molar-refractivity contribution < 1.29 is 14.3 Å². The summed E-state index contributed by atoms with van der Waals surface area (Å²) in [5, 5.41) is 0. The smallest absolute Gasteiger partial charge is 0.162 e. The molecule has 0 fully saturated rings. The Balaban J connectivity index is 1.51. The molecule has 1 aliphatic carbocycles. The van der Waals surface area contributed by atoms with Gasteiger partial charge in [0.05, 0.1) is 0 Å². The highest BCUT2D eigenvalue weighted by molar-refractivity contribution is 5.97. The number of ether oxygens (including phenoxy) is 1. The average Bonchev–Trinajstić information content (AvgIpc) is 2.86. The van der Waals surface area contributed by atoms with Crippen LogP contribution >= 0.6 is 0 Å². The predicted molar refractivity (Wildman–Crippen MR) is 138 cm³/mol. The molecule has 0 spiro atoms. The van der Waals surface area contributed by atoms with Gasteiger partial charge in [0.2, 0.25) is 0 Å². The van der Waals surface area contributed by atoms with E-state index in [9.17, 15) is 9.59 Å². The number of rotatable bonds is 9. The van der Waals surface area contributed by atoms with Gasteiger partial charge in [0.1, 0.15) is 11.5 Å². The van der Waals surface area contributed by atoms with E-state index in [0.717, 1.165) is 47.9 Å². The van der Waals surface area contributed by atoms with Crippen molar-refractivity contribution in [3.63, 3.8) is 0 Å². The number of ketones is 2. The third kappa shape index (κ3) is 6.11. The second-order valence-electron chi connectivity index (χ2n) is 8.93. The van der Waals surface area contributed by atoms with E-state index in [1.54, 1.807) is 6.08 Å². The highest BCUT2D eigenvalue weighted by Gasteiger charge is 2.16. The third-order valence-corrected chi connectivity index (χ3v) is 6.30. The van der Waals surface area contributed by atoms with Crippen molar-refractivity contribution in [3.05, 3.63) is 95.6 Å². The SMILES string of the molecule is CCCCCCC(=O)c1ccc(-c2cccc(O/C3=C/C(=O)CCCc4ccccc43)c2)cc1. The summed E-state index contributed by atoms with van der Waals surface area (Å²) in [6, 6.07) is 23.8. The van der Waals surface area contributed by atoms with Gasteiger partial charge in [-0.3, -0.25) is 9.59 Å². The van der Waals surface area contributed by atoms with E-state index < -0.39 is 0 Å². The zero-order valence-corrected chi connectivity index (χ0v) is 19.9. The molecule has 0 bridgehead atoms. The molecular weight excluding hydrogens is 420 g/mol. The van der Waals surface area contributed by atoms with Crippen LogP contribution < -0.4 is 4.74 Å². The van der Waals surface area contributed by atoms with Crippen molar-refractivity contribution >= 4 is 17.3 Å². The minimum atomic E-state index is 0.0932. The first-order valence-corrected chi connectivity index (χ1v) is 12.4. The maximum atomic E-state index is 12.5. The summed E-state index contributed by atoms with van der Waals surface area (Å²) in [4.78, 5) is 24.8. The summed E-state index contributed by atoms with van der Waals surface area (Å²) >= 11 is 0. The molecule has 0 amide bonds. The lowest BCUT2D eigenvalue weighted by molar-refractivity contribution is -0.114. The first kappa shape index (κ1) is 23.7. The molecule has 3 nitrogen and oxygen atoms in total. The van der Waals surface area contributed by atoms with E-state index in [1.165, 1.54) is 18.4 Å².